The second-order valence-corrected chi connectivity index (χ2v) is 7.42. The minimum absolute atomic E-state index is 0. The van der Waals surface area contributed by atoms with Crippen LogP contribution in [0.15, 0.2) is 53.7 Å². The molecule has 0 radical (unpaired) electrons. The zero-order valence-corrected chi connectivity index (χ0v) is 20.2. The lowest BCUT2D eigenvalue weighted by atomic mass is 9.96. The first-order valence-electron chi connectivity index (χ1n) is 10.4. The second-order valence-electron chi connectivity index (χ2n) is 7.42. The number of halogens is 1. The highest BCUT2D eigenvalue weighted by Gasteiger charge is 2.15. The third-order valence-electron chi connectivity index (χ3n) is 5.27. The molecular formula is C23H33IN4O2. The maximum atomic E-state index is 5.80. The number of nitrogens with one attached hydrogen (secondary N) is 1. The van der Waals surface area contributed by atoms with E-state index < -0.39 is 0 Å². The molecule has 1 aromatic heterocycles. The van der Waals surface area contributed by atoms with Gasteiger partial charge in [-0.05, 0) is 55.0 Å². The van der Waals surface area contributed by atoms with E-state index >= 15 is 0 Å². The fraction of sp³-hybridized carbons (Fsp3) is 0.478. The molecule has 1 saturated heterocycles. The van der Waals surface area contributed by atoms with Gasteiger partial charge in [0.15, 0.2) is 5.96 Å². The van der Waals surface area contributed by atoms with Gasteiger partial charge in [0.1, 0.15) is 12.4 Å². The summed E-state index contributed by atoms with van der Waals surface area (Å²) < 4.78 is 11.2. The maximum Gasteiger partial charge on any atom is 0.193 e. The van der Waals surface area contributed by atoms with E-state index in [0.29, 0.717) is 6.61 Å². The summed E-state index contributed by atoms with van der Waals surface area (Å²) in [4.78, 5) is 10.9. The summed E-state index contributed by atoms with van der Waals surface area (Å²) in [6.07, 6.45) is 5.31. The van der Waals surface area contributed by atoms with Crippen LogP contribution in [0, 0.1) is 5.92 Å². The molecule has 0 saturated carbocycles. The lowest BCUT2D eigenvalue weighted by Crippen LogP contribution is -2.39. The Bertz CT molecular complexity index is 750. The van der Waals surface area contributed by atoms with Gasteiger partial charge >= 0.3 is 0 Å². The van der Waals surface area contributed by atoms with Gasteiger partial charge in [0.2, 0.25) is 0 Å². The van der Waals surface area contributed by atoms with Gasteiger partial charge in [-0.3, -0.25) is 9.98 Å². The standard InChI is InChI=1S/C23H32N4O2.HI/c1-24-23(27(2)14-10-19-11-15-28-16-12-19)26-17-20-6-8-22(9-7-20)29-18-21-5-3-4-13-25-21;/h3-9,13,19H,10-12,14-18H2,1-2H3,(H,24,26);1H. The fourth-order valence-corrected chi connectivity index (χ4v) is 3.43. The van der Waals surface area contributed by atoms with E-state index in [2.05, 4.69) is 39.4 Å². The molecule has 2 heterocycles. The molecule has 0 amide bonds. The van der Waals surface area contributed by atoms with Gasteiger partial charge in [-0.2, -0.15) is 0 Å². The van der Waals surface area contributed by atoms with Crippen LogP contribution >= 0.6 is 24.0 Å². The van der Waals surface area contributed by atoms with Crippen molar-refractivity contribution in [3.8, 4) is 5.75 Å². The number of hydrogen-bond acceptors (Lipinski definition) is 4. The third-order valence-corrected chi connectivity index (χ3v) is 5.27. The first-order chi connectivity index (χ1) is 14.2. The van der Waals surface area contributed by atoms with Crippen molar-refractivity contribution in [2.45, 2.75) is 32.4 Å². The Balaban J connectivity index is 0.00000320. The normalized spacial score (nSPS) is 14.7. The van der Waals surface area contributed by atoms with Gasteiger partial charge in [-0.15, -0.1) is 24.0 Å². The zero-order chi connectivity index (χ0) is 20.3. The van der Waals surface area contributed by atoms with E-state index in [-0.39, 0.29) is 24.0 Å². The molecule has 0 bridgehead atoms. The van der Waals surface area contributed by atoms with Gasteiger partial charge < -0.3 is 19.7 Å². The van der Waals surface area contributed by atoms with Crippen molar-refractivity contribution in [1.29, 1.82) is 0 Å². The van der Waals surface area contributed by atoms with Crippen molar-refractivity contribution in [3.63, 3.8) is 0 Å². The monoisotopic (exact) mass is 524 g/mol. The van der Waals surface area contributed by atoms with Crippen LogP contribution in [0.5, 0.6) is 5.75 Å². The number of aliphatic imine (C=N–C) groups is 1. The highest BCUT2D eigenvalue weighted by molar-refractivity contribution is 14.0. The molecule has 3 rings (SSSR count). The van der Waals surface area contributed by atoms with Gasteiger partial charge in [-0.25, -0.2) is 0 Å². The molecule has 6 nitrogen and oxygen atoms in total. The minimum Gasteiger partial charge on any atom is -0.487 e. The molecule has 30 heavy (non-hydrogen) atoms. The maximum absolute atomic E-state index is 5.80. The Morgan fingerprint density at radius 2 is 1.97 bits per heavy atom. The van der Waals surface area contributed by atoms with Crippen molar-refractivity contribution >= 4 is 29.9 Å². The van der Waals surface area contributed by atoms with E-state index in [0.717, 1.165) is 49.6 Å². The molecule has 164 valence electrons. The summed E-state index contributed by atoms with van der Waals surface area (Å²) in [5, 5.41) is 3.45. The minimum atomic E-state index is 0. The Hall–Kier alpha value is -1.87. The van der Waals surface area contributed by atoms with Crippen LogP contribution < -0.4 is 10.1 Å². The molecule has 1 aliphatic rings. The summed E-state index contributed by atoms with van der Waals surface area (Å²) in [5.74, 6) is 2.54. The molecule has 0 atom stereocenters. The number of guanidine groups is 1. The van der Waals surface area contributed by atoms with Crippen LogP contribution in [0.1, 0.15) is 30.5 Å². The molecule has 1 aliphatic heterocycles. The van der Waals surface area contributed by atoms with Crippen molar-refractivity contribution in [1.82, 2.24) is 15.2 Å². The number of pyridine rings is 1. The number of ether oxygens (including phenoxy) is 2. The number of nitrogens with zero attached hydrogens (tertiary/aromatic N) is 3. The molecule has 1 aromatic carbocycles. The van der Waals surface area contributed by atoms with Gasteiger partial charge in [0.05, 0.1) is 5.69 Å². The third kappa shape index (κ3) is 8.10. The van der Waals surface area contributed by atoms with Crippen LogP contribution in [0.2, 0.25) is 0 Å². The average molecular weight is 524 g/mol. The Kier molecular flexibility index (Phi) is 10.9. The quantitative estimate of drug-likeness (QED) is 0.320. The van der Waals surface area contributed by atoms with Crippen LogP contribution in [0.4, 0.5) is 0 Å². The van der Waals surface area contributed by atoms with Crippen molar-refractivity contribution in [2.75, 3.05) is 33.9 Å². The lowest BCUT2D eigenvalue weighted by Gasteiger charge is -2.26. The summed E-state index contributed by atoms with van der Waals surface area (Å²) in [6, 6.07) is 14.0. The van der Waals surface area contributed by atoms with Crippen LogP contribution in [0.25, 0.3) is 0 Å². The van der Waals surface area contributed by atoms with Gasteiger partial charge in [0, 0.05) is 46.6 Å². The molecule has 0 spiro atoms. The van der Waals surface area contributed by atoms with E-state index in [9.17, 15) is 0 Å². The van der Waals surface area contributed by atoms with Crippen molar-refractivity contribution in [3.05, 3.63) is 59.9 Å². The van der Waals surface area contributed by atoms with E-state index in [4.69, 9.17) is 9.47 Å². The number of rotatable bonds is 8. The Labute approximate surface area is 197 Å². The molecule has 1 fully saturated rings. The largest absolute Gasteiger partial charge is 0.487 e. The smallest absolute Gasteiger partial charge is 0.193 e. The Morgan fingerprint density at radius 3 is 2.63 bits per heavy atom. The number of benzene rings is 1. The summed E-state index contributed by atoms with van der Waals surface area (Å²) in [6.45, 7) is 4.02. The van der Waals surface area contributed by atoms with Crippen molar-refractivity contribution < 1.29 is 9.47 Å². The summed E-state index contributed by atoms with van der Waals surface area (Å²) >= 11 is 0. The molecule has 0 unspecified atom stereocenters. The topological polar surface area (TPSA) is 59.0 Å². The second kappa shape index (κ2) is 13.4. The zero-order valence-electron chi connectivity index (χ0n) is 17.9. The van der Waals surface area contributed by atoms with Crippen LogP contribution in [0.3, 0.4) is 0 Å². The van der Waals surface area contributed by atoms with E-state index in [1.54, 1.807) is 6.20 Å². The highest BCUT2D eigenvalue weighted by atomic mass is 127. The number of hydrogen-bond donors (Lipinski definition) is 1. The predicted octanol–water partition coefficient (Wildman–Crippen LogP) is 4.10. The molecule has 1 N–H and O–H groups in total. The molecule has 0 aliphatic carbocycles. The number of aromatic nitrogens is 1. The highest BCUT2D eigenvalue weighted by Crippen LogP contribution is 2.18. The SMILES string of the molecule is CN=C(NCc1ccc(OCc2ccccn2)cc1)N(C)CCC1CCOCC1.I. The summed E-state index contributed by atoms with van der Waals surface area (Å²) in [7, 11) is 3.94. The van der Waals surface area contributed by atoms with Crippen LogP contribution in [-0.2, 0) is 17.9 Å². The summed E-state index contributed by atoms with van der Waals surface area (Å²) in [5.41, 5.74) is 2.11. The molecule has 7 heteroatoms. The predicted molar refractivity (Wildman–Crippen MR) is 131 cm³/mol. The first-order valence-corrected chi connectivity index (χ1v) is 10.4. The van der Waals surface area contributed by atoms with Crippen LogP contribution in [-0.4, -0.2) is 49.7 Å². The van der Waals surface area contributed by atoms with Gasteiger partial charge in [-0.1, -0.05) is 18.2 Å². The first kappa shape index (κ1) is 24.4. The van der Waals surface area contributed by atoms with E-state index in [1.807, 2.05) is 37.4 Å². The van der Waals surface area contributed by atoms with Crippen molar-refractivity contribution in [2.24, 2.45) is 10.9 Å². The fourth-order valence-electron chi connectivity index (χ4n) is 3.43. The Morgan fingerprint density at radius 1 is 1.20 bits per heavy atom. The average Bonchev–Trinajstić information content (AvgIpc) is 2.79. The van der Waals surface area contributed by atoms with Gasteiger partial charge in [0.25, 0.3) is 0 Å². The van der Waals surface area contributed by atoms with E-state index in [1.165, 1.54) is 24.8 Å². The molecular weight excluding hydrogens is 491 g/mol. The molecule has 2 aromatic rings. The lowest BCUT2D eigenvalue weighted by molar-refractivity contribution is 0.0625.